The van der Waals surface area contributed by atoms with Crippen molar-refractivity contribution in [2.75, 3.05) is 19.8 Å². The van der Waals surface area contributed by atoms with Gasteiger partial charge in [-0.05, 0) is 49.3 Å². The molecule has 0 bridgehead atoms. The highest BCUT2D eigenvalue weighted by atomic mass is 16.5. The van der Waals surface area contributed by atoms with Crippen LogP contribution in [0.3, 0.4) is 0 Å². The molecule has 2 heterocycles. The zero-order valence-corrected chi connectivity index (χ0v) is 10.7. The van der Waals surface area contributed by atoms with Crippen molar-refractivity contribution in [3.8, 4) is 0 Å². The van der Waals surface area contributed by atoms with Gasteiger partial charge in [0.25, 0.3) is 0 Å². The second-order valence-corrected chi connectivity index (χ2v) is 5.53. The summed E-state index contributed by atoms with van der Waals surface area (Å²) in [6, 6.07) is 3.75. The third-order valence-corrected chi connectivity index (χ3v) is 4.41. The highest BCUT2D eigenvalue weighted by molar-refractivity contribution is 5.07. The molecular weight excluding hydrogens is 230 g/mol. The molecule has 100 valence electrons. The van der Waals surface area contributed by atoms with Gasteiger partial charge < -0.3 is 19.6 Å². The zero-order chi connectivity index (χ0) is 12.4. The number of hydrogen-bond donors (Lipinski definition) is 2. The molecule has 3 rings (SSSR count). The van der Waals surface area contributed by atoms with Crippen molar-refractivity contribution < 1.29 is 14.3 Å². The molecule has 1 atom stereocenters. The van der Waals surface area contributed by atoms with Crippen molar-refractivity contribution in [2.24, 2.45) is 11.3 Å². The van der Waals surface area contributed by atoms with Crippen LogP contribution >= 0.6 is 0 Å². The summed E-state index contributed by atoms with van der Waals surface area (Å²) in [6.07, 6.45) is 3.81. The van der Waals surface area contributed by atoms with Crippen molar-refractivity contribution in [1.29, 1.82) is 0 Å². The quantitative estimate of drug-likeness (QED) is 0.836. The summed E-state index contributed by atoms with van der Waals surface area (Å²) in [6.45, 7) is 3.67. The zero-order valence-electron chi connectivity index (χ0n) is 10.7. The lowest BCUT2D eigenvalue weighted by molar-refractivity contribution is 0.0519. The van der Waals surface area contributed by atoms with Gasteiger partial charge in [-0.3, -0.25) is 0 Å². The van der Waals surface area contributed by atoms with E-state index in [2.05, 4.69) is 5.32 Å². The minimum atomic E-state index is -0.0221. The van der Waals surface area contributed by atoms with Crippen LogP contribution in [-0.4, -0.2) is 24.9 Å². The summed E-state index contributed by atoms with van der Waals surface area (Å²) in [5, 5.41) is 12.4. The first-order valence-electron chi connectivity index (χ1n) is 6.79. The molecule has 1 aromatic rings. The van der Waals surface area contributed by atoms with Gasteiger partial charge in [0.15, 0.2) is 0 Å². The molecular formula is C14H21NO3. The summed E-state index contributed by atoms with van der Waals surface area (Å²) in [7, 11) is 0. The summed E-state index contributed by atoms with van der Waals surface area (Å²) < 4.78 is 10.9. The Balaban J connectivity index is 1.40. The van der Waals surface area contributed by atoms with Crippen LogP contribution in [0, 0.1) is 11.3 Å². The maximum Gasteiger partial charge on any atom is 0.129 e. The Morgan fingerprint density at radius 3 is 2.78 bits per heavy atom. The predicted octanol–water partition coefficient (Wildman–Crippen LogP) is 1.68. The first-order chi connectivity index (χ1) is 8.82. The van der Waals surface area contributed by atoms with Crippen LogP contribution < -0.4 is 5.32 Å². The first kappa shape index (κ1) is 12.2. The Morgan fingerprint density at radius 1 is 1.28 bits per heavy atom. The molecule has 4 nitrogen and oxygen atoms in total. The molecule has 1 unspecified atom stereocenters. The molecule has 1 aliphatic heterocycles. The fourth-order valence-electron chi connectivity index (χ4n) is 3.08. The van der Waals surface area contributed by atoms with Crippen molar-refractivity contribution >= 4 is 0 Å². The van der Waals surface area contributed by atoms with Gasteiger partial charge in [-0.25, -0.2) is 0 Å². The van der Waals surface area contributed by atoms with Gasteiger partial charge in [0.1, 0.15) is 18.1 Å². The lowest BCUT2D eigenvalue weighted by atomic mass is 9.94. The van der Waals surface area contributed by atoms with E-state index in [1.807, 2.05) is 12.1 Å². The van der Waals surface area contributed by atoms with Crippen molar-refractivity contribution in [2.45, 2.75) is 32.4 Å². The van der Waals surface area contributed by atoms with Crippen LogP contribution in [0.2, 0.25) is 0 Å². The Bertz CT molecular complexity index is 395. The van der Waals surface area contributed by atoms with E-state index >= 15 is 0 Å². The molecule has 4 heteroatoms. The highest BCUT2D eigenvalue weighted by Crippen LogP contribution is 2.58. The third kappa shape index (κ3) is 2.46. The molecule has 0 radical (unpaired) electrons. The Labute approximate surface area is 107 Å². The minimum Gasteiger partial charge on any atom is -0.462 e. The Morgan fingerprint density at radius 2 is 2.06 bits per heavy atom. The van der Waals surface area contributed by atoms with Gasteiger partial charge in [-0.1, -0.05) is 0 Å². The molecule has 1 aromatic heterocycles. The van der Waals surface area contributed by atoms with Gasteiger partial charge in [0.2, 0.25) is 0 Å². The number of hydrogen-bond acceptors (Lipinski definition) is 4. The number of furan rings is 1. The van der Waals surface area contributed by atoms with Crippen LogP contribution in [0.15, 0.2) is 16.5 Å². The second-order valence-electron chi connectivity index (χ2n) is 5.53. The maximum atomic E-state index is 8.91. The maximum absolute atomic E-state index is 8.91. The Kier molecular flexibility index (Phi) is 3.41. The second kappa shape index (κ2) is 5.03. The molecule has 2 fully saturated rings. The van der Waals surface area contributed by atoms with Crippen molar-refractivity contribution in [3.63, 3.8) is 0 Å². The average molecular weight is 251 g/mol. The van der Waals surface area contributed by atoms with E-state index in [1.54, 1.807) is 0 Å². The van der Waals surface area contributed by atoms with E-state index in [-0.39, 0.29) is 6.61 Å². The lowest BCUT2D eigenvalue weighted by Gasteiger charge is -2.22. The average Bonchev–Trinajstić information content (AvgIpc) is 2.88. The number of rotatable bonds is 5. The van der Waals surface area contributed by atoms with Crippen molar-refractivity contribution in [3.05, 3.63) is 23.7 Å². The molecule has 1 saturated carbocycles. The van der Waals surface area contributed by atoms with Crippen LogP contribution in [0.1, 0.15) is 30.8 Å². The molecule has 1 spiro atoms. The van der Waals surface area contributed by atoms with Gasteiger partial charge >= 0.3 is 0 Å². The van der Waals surface area contributed by atoms with Crippen LogP contribution in [0.4, 0.5) is 0 Å². The number of aliphatic hydroxyl groups is 1. The van der Waals surface area contributed by atoms with Crippen LogP contribution in [0.25, 0.3) is 0 Å². The minimum absolute atomic E-state index is 0.0221. The monoisotopic (exact) mass is 251 g/mol. The largest absolute Gasteiger partial charge is 0.462 e. The molecule has 2 N–H and O–H groups in total. The predicted molar refractivity (Wildman–Crippen MR) is 66.9 cm³/mol. The molecule has 0 aromatic carbocycles. The van der Waals surface area contributed by atoms with Crippen LogP contribution in [-0.2, 0) is 17.9 Å². The lowest BCUT2D eigenvalue weighted by Crippen LogP contribution is -2.23. The fourth-order valence-corrected chi connectivity index (χ4v) is 3.08. The summed E-state index contributed by atoms with van der Waals surface area (Å²) >= 11 is 0. The third-order valence-electron chi connectivity index (χ3n) is 4.41. The van der Waals surface area contributed by atoms with E-state index in [4.69, 9.17) is 14.3 Å². The molecule has 1 saturated heterocycles. The standard InChI is InChI=1S/C14H21NO3/c16-10-13-2-1-12(18-13)9-15-8-11-7-14(11)3-5-17-6-4-14/h1-2,11,15-16H,3-10H2. The first-order valence-corrected chi connectivity index (χ1v) is 6.79. The highest BCUT2D eigenvalue weighted by Gasteiger charge is 2.53. The molecule has 2 aliphatic rings. The number of aliphatic hydroxyl groups excluding tert-OH is 1. The smallest absolute Gasteiger partial charge is 0.129 e. The van der Waals surface area contributed by atoms with E-state index in [9.17, 15) is 0 Å². The topological polar surface area (TPSA) is 54.6 Å². The summed E-state index contributed by atoms with van der Waals surface area (Å²) in [5.41, 5.74) is 0.588. The van der Waals surface area contributed by atoms with E-state index in [1.165, 1.54) is 19.3 Å². The molecule has 0 amide bonds. The van der Waals surface area contributed by atoms with Gasteiger partial charge in [0, 0.05) is 13.2 Å². The van der Waals surface area contributed by atoms with E-state index in [0.717, 1.165) is 38.0 Å². The molecule has 1 aliphatic carbocycles. The number of nitrogens with one attached hydrogen (secondary N) is 1. The SMILES string of the molecule is OCc1ccc(CNCC2CC23CCOCC3)o1. The normalized spacial score (nSPS) is 25.5. The van der Waals surface area contributed by atoms with Crippen LogP contribution in [0.5, 0.6) is 0 Å². The van der Waals surface area contributed by atoms with Gasteiger partial charge in [-0.15, -0.1) is 0 Å². The van der Waals surface area contributed by atoms with E-state index in [0.29, 0.717) is 11.2 Å². The van der Waals surface area contributed by atoms with Gasteiger partial charge in [0.05, 0.1) is 6.54 Å². The number of ether oxygens (including phenoxy) is 1. The molecule has 18 heavy (non-hydrogen) atoms. The van der Waals surface area contributed by atoms with Gasteiger partial charge in [-0.2, -0.15) is 0 Å². The summed E-state index contributed by atoms with van der Waals surface area (Å²) in [4.78, 5) is 0. The van der Waals surface area contributed by atoms with E-state index < -0.39 is 0 Å². The summed E-state index contributed by atoms with van der Waals surface area (Å²) in [5.74, 6) is 2.36. The Hall–Kier alpha value is -0.840. The fraction of sp³-hybridized carbons (Fsp3) is 0.714. The van der Waals surface area contributed by atoms with Crippen molar-refractivity contribution in [1.82, 2.24) is 5.32 Å².